The first kappa shape index (κ1) is 13.1. The van der Waals surface area contributed by atoms with Crippen LogP contribution in [0.5, 0.6) is 0 Å². The highest BCUT2D eigenvalue weighted by Crippen LogP contribution is 2.34. The van der Waals surface area contributed by atoms with Gasteiger partial charge in [0.1, 0.15) is 0 Å². The molecule has 0 aromatic carbocycles. The molecule has 4 unspecified atom stereocenters. The molecule has 2 rings (SSSR count). The lowest BCUT2D eigenvalue weighted by atomic mass is 10.0. The smallest absolute Gasteiger partial charge is 0.0593 e. The van der Waals surface area contributed by atoms with Crippen LogP contribution in [0.4, 0.5) is 0 Å². The van der Waals surface area contributed by atoms with Crippen molar-refractivity contribution in [3.63, 3.8) is 0 Å². The predicted octanol–water partition coefficient (Wildman–Crippen LogP) is 3.11. The maximum absolute atomic E-state index is 6.34. The fraction of sp³-hybridized carbons (Fsp3) is 0.714. The monoisotopic (exact) mass is 252 g/mol. The molecule has 1 aliphatic heterocycles. The van der Waals surface area contributed by atoms with E-state index >= 15 is 0 Å². The minimum atomic E-state index is 0.256. The van der Waals surface area contributed by atoms with E-state index in [0.717, 1.165) is 18.3 Å². The molecule has 0 spiro atoms. The van der Waals surface area contributed by atoms with Crippen LogP contribution < -0.4 is 5.73 Å². The first-order chi connectivity index (χ1) is 8.13. The van der Waals surface area contributed by atoms with Crippen molar-refractivity contribution in [2.75, 3.05) is 13.1 Å². The molecule has 0 radical (unpaired) electrons. The molecule has 17 heavy (non-hydrogen) atoms. The molecular formula is C14H24N2S. The van der Waals surface area contributed by atoms with Crippen molar-refractivity contribution in [3.05, 3.63) is 22.4 Å². The summed E-state index contributed by atoms with van der Waals surface area (Å²) in [6, 6.07) is 5.05. The summed E-state index contributed by atoms with van der Waals surface area (Å²) in [5.41, 5.74) is 6.34. The summed E-state index contributed by atoms with van der Waals surface area (Å²) in [6.45, 7) is 9.28. The number of hydrogen-bond donors (Lipinski definition) is 1. The molecule has 2 nitrogen and oxygen atoms in total. The fourth-order valence-corrected chi connectivity index (χ4v) is 3.68. The zero-order chi connectivity index (χ0) is 12.4. The second-order valence-electron chi connectivity index (χ2n) is 5.44. The first-order valence-electron chi connectivity index (χ1n) is 6.66. The van der Waals surface area contributed by atoms with Crippen molar-refractivity contribution in [1.29, 1.82) is 0 Å². The summed E-state index contributed by atoms with van der Waals surface area (Å²) in [7, 11) is 0. The standard InChI is InChI=1S/C14H24N2S/c1-4-12(15)14(13-6-5-7-17-13)16-8-10(2)11(3)9-16/h5-7,10-12,14H,4,8-9,15H2,1-3H3. The van der Waals surface area contributed by atoms with Crippen LogP contribution >= 0.6 is 11.3 Å². The number of nitrogens with two attached hydrogens (primary N) is 1. The van der Waals surface area contributed by atoms with Gasteiger partial charge in [0.15, 0.2) is 0 Å². The van der Waals surface area contributed by atoms with Crippen LogP contribution in [0.2, 0.25) is 0 Å². The van der Waals surface area contributed by atoms with E-state index in [4.69, 9.17) is 5.73 Å². The van der Waals surface area contributed by atoms with Crippen molar-refractivity contribution in [2.24, 2.45) is 17.6 Å². The molecule has 1 fully saturated rings. The molecule has 1 saturated heterocycles. The minimum absolute atomic E-state index is 0.256. The number of thiophene rings is 1. The Bertz CT molecular complexity index is 326. The van der Waals surface area contributed by atoms with Gasteiger partial charge < -0.3 is 5.73 Å². The lowest BCUT2D eigenvalue weighted by Gasteiger charge is -2.31. The molecule has 4 atom stereocenters. The lowest BCUT2D eigenvalue weighted by Crippen LogP contribution is -2.39. The van der Waals surface area contributed by atoms with Gasteiger partial charge in [0.25, 0.3) is 0 Å². The van der Waals surface area contributed by atoms with E-state index in [-0.39, 0.29) is 6.04 Å². The normalized spacial score (nSPS) is 29.4. The second-order valence-corrected chi connectivity index (χ2v) is 6.42. The summed E-state index contributed by atoms with van der Waals surface area (Å²) in [4.78, 5) is 4.02. The zero-order valence-corrected chi connectivity index (χ0v) is 11.9. The number of nitrogens with zero attached hydrogens (tertiary/aromatic N) is 1. The molecule has 0 saturated carbocycles. The van der Waals surface area contributed by atoms with Crippen molar-refractivity contribution in [2.45, 2.75) is 39.3 Å². The molecule has 0 amide bonds. The van der Waals surface area contributed by atoms with Crippen molar-refractivity contribution in [1.82, 2.24) is 4.90 Å². The van der Waals surface area contributed by atoms with Crippen LogP contribution in [0, 0.1) is 11.8 Å². The molecule has 0 aliphatic carbocycles. The van der Waals surface area contributed by atoms with E-state index in [1.807, 2.05) is 11.3 Å². The fourth-order valence-electron chi connectivity index (χ4n) is 2.75. The van der Waals surface area contributed by atoms with Crippen LogP contribution in [-0.2, 0) is 0 Å². The molecule has 2 heterocycles. The van der Waals surface area contributed by atoms with E-state index < -0.39 is 0 Å². The Morgan fingerprint density at radius 3 is 2.53 bits per heavy atom. The quantitative estimate of drug-likeness (QED) is 0.892. The number of likely N-dealkylation sites (tertiary alicyclic amines) is 1. The highest BCUT2D eigenvalue weighted by molar-refractivity contribution is 7.10. The molecule has 1 aromatic heterocycles. The maximum atomic E-state index is 6.34. The van der Waals surface area contributed by atoms with Gasteiger partial charge in [0, 0.05) is 24.0 Å². The van der Waals surface area contributed by atoms with Crippen LogP contribution in [0.1, 0.15) is 38.1 Å². The third kappa shape index (κ3) is 2.72. The second kappa shape index (κ2) is 5.51. The van der Waals surface area contributed by atoms with Crippen LogP contribution in [0.3, 0.4) is 0 Å². The average molecular weight is 252 g/mol. The first-order valence-corrected chi connectivity index (χ1v) is 7.54. The summed E-state index contributed by atoms with van der Waals surface area (Å²) < 4.78 is 0. The van der Waals surface area contributed by atoms with Crippen molar-refractivity contribution in [3.8, 4) is 0 Å². The molecule has 1 aliphatic rings. The van der Waals surface area contributed by atoms with Gasteiger partial charge >= 0.3 is 0 Å². The summed E-state index contributed by atoms with van der Waals surface area (Å²) in [6.07, 6.45) is 1.04. The van der Waals surface area contributed by atoms with E-state index in [0.29, 0.717) is 6.04 Å². The topological polar surface area (TPSA) is 29.3 Å². The summed E-state index contributed by atoms with van der Waals surface area (Å²) >= 11 is 1.84. The Labute approximate surface area is 109 Å². The maximum Gasteiger partial charge on any atom is 0.0593 e. The predicted molar refractivity (Wildman–Crippen MR) is 75.2 cm³/mol. The number of hydrogen-bond acceptors (Lipinski definition) is 3. The molecule has 1 aromatic rings. The molecule has 96 valence electrons. The van der Waals surface area contributed by atoms with E-state index in [1.165, 1.54) is 18.0 Å². The van der Waals surface area contributed by atoms with E-state index in [9.17, 15) is 0 Å². The van der Waals surface area contributed by atoms with Crippen molar-refractivity contribution < 1.29 is 0 Å². The Morgan fingerprint density at radius 1 is 1.41 bits per heavy atom. The molecule has 0 bridgehead atoms. The van der Waals surface area contributed by atoms with Gasteiger partial charge in [-0.2, -0.15) is 0 Å². The largest absolute Gasteiger partial charge is 0.326 e. The third-order valence-electron chi connectivity index (χ3n) is 4.12. The Morgan fingerprint density at radius 2 is 2.06 bits per heavy atom. The van der Waals surface area contributed by atoms with Crippen molar-refractivity contribution >= 4 is 11.3 Å². The SMILES string of the molecule is CCC(N)C(c1cccs1)N1CC(C)C(C)C1. The average Bonchev–Trinajstić information content (AvgIpc) is 2.91. The highest BCUT2D eigenvalue weighted by Gasteiger charge is 2.34. The minimum Gasteiger partial charge on any atom is -0.326 e. The molecule has 3 heteroatoms. The number of rotatable bonds is 4. The van der Waals surface area contributed by atoms with Gasteiger partial charge in [-0.3, -0.25) is 4.90 Å². The van der Waals surface area contributed by atoms with E-state index in [1.54, 1.807) is 0 Å². The Balaban J connectivity index is 2.17. The summed E-state index contributed by atoms with van der Waals surface area (Å²) in [5.74, 6) is 1.59. The third-order valence-corrected chi connectivity index (χ3v) is 5.06. The van der Waals surface area contributed by atoms with Gasteiger partial charge in [-0.25, -0.2) is 0 Å². The van der Waals surface area contributed by atoms with Gasteiger partial charge in [-0.05, 0) is 29.7 Å². The van der Waals surface area contributed by atoms with Crippen LogP contribution in [0.15, 0.2) is 17.5 Å². The Hall–Kier alpha value is -0.380. The lowest BCUT2D eigenvalue weighted by molar-refractivity contribution is 0.204. The Kier molecular flexibility index (Phi) is 4.23. The van der Waals surface area contributed by atoms with Crippen LogP contribution in [-0.4, -0.2) is 24.0 Å². The summed E-state index contributed by atoms with van der Waals surface area (Å²) in [5, 5.41) is 2.16. The van der Waals surface area contributed by atoms with Gasteiger partial charge in [-0.15, -0.1) is 11.3 Å². The zero-order valence-electron chi connectivity index (χ0n) is 11.1. The molecule has 2 N–H and O–H groups in total. The van der Waals surface area contributed by atoms with Gasteiger partial charge in [0.2, 0.25) is 0 Å². The highest BCUT2D eigenvalue weighted by atomic mass is 32.1. The van der Waals surface area contributed by atoms with Gasteiger partial charge in [0.05, 0.1) is 6.04 Å². The van der Waals surface area contributed by atoms with Gasteiger partial charge in [-0.1, -0.05) is 26.8 Å². The van der Waals surface area contributed by atoms with Crippen LogP contribution in [0.25, 0.3) is 0 Å². The molecular weight excluding hydrogens is 228 g/mol. The van der Waals surface area contributed by atoms with E-state index in [2.05, 4.69) is 43.2 Å².